The van der Waals surface area contributed by atoms with Crippen molar-refractivity contribution in [1.29, 1.82) is 0 Å². The molecule has 1 aromatic heterocycles. The van der Waals surface area contributed by atoms with Crippen molar-refractivity contribution in [2.75, 3.05) is 0 Å². The van der Waals surface area contributed by atoms with Gasteiger partial charge in [-0.15, -0.1) is 12.6 Å². The van der Waals surface area contributed by atoms with Crippen LogP contribution in [0.3, 0.4) is 0 Å². The van der Waals surface area contributed by atoms with Gasteiger partial charge in [0.05, 0.1) is 5.52 Å². The first kappa shape index (κ1) is 18.0. The molecule has 5 aromatic rings. The van der Waals surface area contributed by atoms with Crippen LogP contribution in [-0.4, -0.2) is 10.4 Å². The minimum Gasteiger partial charge on any atom is -0.341 e. The summed E-state index contributed by atoms with van der Waals surface area (Å²) in [6.07, 6.45) is 0. The first-order valence-electron chi connectivity index (χ1n) is 9.86. The fraction of sp³-hybridized carbons (Fsp3) is 0.115. The molecule has 0 aliphatic carbocycles. The maximum Gasteiger partial charge on any atom is 0.193 e. The van der Waals surface area contributed by atoms with Crippen molar-refractivity contribution in [2.24, 2.45) is 0 Å². The Hall–Kier alpha value is -3.04. The molecular formula is C26H21NOS. The van der Waals surface area contributed by atoms with Crippen molar-refractivity contribution < 1.29 is 4.79 Å². The van der Waals surface area contributed by atoms with Gasteiger partial charge in [-0.1, -0.05) is 42.5 Å². The topological polar surface area (TPSA) is 22.0 Å². The molecule has 0 unspecified atom stereocenters. The number of carbonyl (C=O) groups excluding carboxylic acids is 1. The molecule has 0 N–H and O–H groups in total. The average molecular weight is 396 g/mol. The third kappa shape index (κ3) is 2.77. The molecule has 0 saturated carbocycles. The Morgan fingerprint density at radius 2 is 1.62 bits per heavy atom. The number of aryl methyl sites for hydroxylation is 2. The van der Waals surface area contributed by atoms with Crippen LogP contribution in [0.5, 0.6) is 0 Å². The largest absolute Gasteiger partial charge is 0.341 e. The van der Waals surface area contributed by atoms with E-state index in [1.54, 1.807) is 0 Å². The van der Waals surface area contributed by atoms with Crippen LogP contribution in [0.25, 0.3) is 32.6 Å². The van der Waals surface area contributed by atoms with Crippen molar-refractivity contribution in [1.82, 2.24) is 4.57 Å². The van der Waals surface area contributed by atoms with Crippen molar-refractivity contribution in [3.8, 4) is 0 Å². The third-order valence-electron chi connectivity index (χ3n) is 5.81. The average Bonchev–Trinajstić information content (AvgIpc) is 3.05. The van der Waals surface area contributed by atoms with Gasteiger partial charge in [-0.2, -0.15) is 0 Å². The van der Waals surface area contributed by atoms with E-state index in [9.17, 15) is 4.79 Å². The molecule has 0 radical (unpaired) electrons. The number of hydrogen-bond donors (Lipinski definition) is 1. The molecule has 0 fully saturated rings. The Balaban J connectivity index is 1.73. The number of aromatic nitrogens is 1. The van der Waals surface area contributed by atoms with Gasteiger partial charge in [0.2, 0.25) is 0 Å². The van der Waals surface area contributed by atoms with E-state index < -0.39 is 0 Å². The van der Waals surface area contributed by atoms with E-state index in [0.29, 0.717) is 0 Å². The number of benzene rings is 4. The van der Waals surface area contributed by atoms with Gasteiger partial charge in [0, 0.05) is 38.9 Å². The van der Waals surface area contributed by atoms with Gasteiger partial charge in [0.15, 0.2) is 5.78 Å². The van der Waals surface area contributed by atoms with Crippen LogP contribution < -0.4 is 0 Å². The van der Waals surface area contributed by atoms with Gasteiger partial charge >= 0.3 is 0 Å². The van der Waals surface area contributed by atoms with Gasteiger partial charge in [0.25, 0.3) is 0 Å². The quantitative estimate of drug-likeness (QED) is 0.263. The molecule has 5 rings (SSSR count). The molecular weight excluding hydrogens is 374 g/mol. The number of carbonyl (C=O) groups is 1. The van der Waals surface area contributed by atoms with E-state index in [-0.39, 0.29) is 5.78 Å². The zero-order valence-electron chi connectivity index (χ0n) is 16.4. The number of rotatable bonds is 3. The second-order valence-electron chi connectivity index (χ2n) is 7.48. The lowest BCUT2D eigenvalue weighted by Gasteiger charge is -2.09. The normalized spacial score (nSPS) is 11.6. The van der Waals surface area contributed by atoms with E-state index >= 15 is 0 Å². The zero-order valence-corrected chi connectivity index (χ0v) is 17.3. The molecule has 0 aliphatic rings. The van der Waals surface area contributed by atoms with E-state index in [2.05, 4.69) is 55.3 Å². The minimum absolute atomic E-state index is 0.0614. The number of thiol groups is 1. The summed E-state index contributed by atoms with van der Waals surface area (Å²) < 4.78 is 2.28. The Kier molecular flexibility index (Phi) is 4.21. The summed E-state index contributed by atoms with van der Waals surface area (Å²) in [7, 11) is 0. The lowest BCUT2D eigenvalue weighted by atomic mass is 9.94. The molecule has 0 spiro atoms. The predicted octanol–water partition coefficient (Wildman–Crippen LogP) is 6.80. The molecule has 0 saturated heterocycles. The minimum atomic E-state index is 0.0614. The number of ketones is 1. The fourth-order valence-electron chi connectivity index (χ4n) is 4.37. The molecule has 3 heteroatoms. The smallest absolute Gasteiger partial charge is 0.193 e. The Bertz CT molecular complexity index is 1430. The summed E-state index contributed by atoms with van der Waals surface area (Å²) in [6.45, 7) is 5.09. The van der Waals surface area contributed by atoms with Crippen molar-refractivity contribution in [2.45, 2.75) is 25.3 Å². The van der Waals surface area contributed by atoms with E-state index in [0.717, 1.165) is 55.1 Å². The number of hydrogen-bond acceptors (Lipinski definition) is 2. The molecule has 4 aromatic carbocycles. The highest BCUT2D eigenvalue weighted by atomic mass is 32.1. The van der Waals surface area contributed by atoms with Crippen LogP contribution in [-0.2, 0) is 6.54 Å². The highest BCUT2D eigenvalue weighted by Crippen LogP contribution is 2.32. The molecule has 2 nitrogen and oxygen atoms in total. The van der Waals surface area contributed by atoms with Crippen LogP contribution in [0.1, 0.15) is 28.4 Å². The predicted molar refractivity (Wildman–Crippen MR) is 124 cm³/mol. The summed E-state index contributed by atoms with van der Waals surface area (Å²) in [4.78, 5) is 14.4. The fourth-order valence-corrected chi connectivity index (χ4v) is 4.57. The first-order chi connectivity index (χ1) is 14.1. The molecule has 1 heterocycles. The third-order valence-corrected chi connectivity index (χ3v) is 6.09. The second-order valence-corrected chi connectivity index (χ2v) is 8.00. The molecule has 142 valence electrons. The van der Waals surface area contributed by atoms with Crippen LogP contribution >= 0.6 is 12.6 Å². The lowest BCUT2D eigenvalue weighted by Crippen LogP contribution is -2.03. The van der Waals surface area contributed by atoms with Crippen LogP contribution in [0.4, 0.5) is 0 Å². The zero-order chi connectivity index (χ0) is 20.1. The van der Waals surface area contributed by atoms with Gasteiger partial charge in [-0.25, -0.2) is 0 Å². The Labute approximate surface area is 175 Å². The standard InChI is InChI=1S/C26H21NOS/c1-3-27-24-13-9-17(14-23(24)21-12-10-18(29)15-25(21)27)26(28)22-11-8-16(2)19-6-4-5-7-20(19)22/h4-15,29H,3H2,1-2H3. The summed E-state index contributed by atoms with van der Waals surface area (Å²) in [5.41, 5.74) is 4.95. The molecule has 0 atom stereocenters. The molecule has 0 amide bonds. The van der Waals surface area contributed by atoms with Gasteiger partial charge < -0.3 is 4.57 Å². The van der Waals surface area contributed by atoms with Gasteiger partial charge in [-0.05, 0) is 60.5 Å². The van der Waals surface area contributed by atoms with E-state index in [4.69, 9.17) is 0 Å². The van der Waals surface area contributed by atoms with Crippen molar-refractivity contribution in [3.05, 3.63) is 89.5 Å². The first-order valence-corrected chi connectivity index (χ1v) is 10.3. The van der Waals surface area contributed by atoms with Crippen LogP contribution in [0, 0.1) is 6.92 Å². The number of fused-ring (bicyclic) bond motifs is 4. The molecule has 29 heavy (non-hydrogen) atoms. The van der Waals surface area contributed by atoms with Crippen LogP contribution in [0.2, 0.25) is 0 Å². The monoisotopic (exact) mass is 395 g/mol. The van der Waals surface area contributed by atoms with Gasteiger partial charge in [-0.3, -0.25) is 4.79 Å². The maximum absolute atomic E-state index is 13.5. The summed E-state index contributed by atoms with van der Waals surface area (Å²) >= 11 is 4.50. The van der Waals surface area contributed by atoms with E-state index in [1.165, 1.54) is 5.56 Å². The summed E-state index contributed by atoms with van der Waals surface area (Å²) in [5.74, 6) is 0.0614. The molecule has 0 bridgehead atoms. The number of nitrogens with zero attached hydrogens (tertiary/aromatic N) is 1. The molecule has 0 aliphatic heterocycles. The Morgan fingerprint density at radius 1 is 0.828 bits per heavy atom. The Morgan fingerprint density at radius 3 is 2.41 bits per heavy atom. The maximum atomic E-state index is 13.5. The van der Waals surface area contributed by atoms with Crippen molar-refractivity contribution in [3.63, 3.8) is 0 Å². The SMILES string of the molecule is CCn1c2ccc(C(=O)c3ccc(C)c4ccccc34)cc2c2ccc(S)cc21. The summed E-state index contributed by atoms with van der Waals surface area (Å²) in [5, 5.41) is 4.40. The van der Waals surface area contributed by atoms with E-state index in [1.807, 2.05) is 48.5 Å². The van der Waals surface area contributed by atoms with Gasteiger partial charge in [0.1, 0.15) is 0 Å². The van der Waals surface area contributed by atoms with Crippen LogP contribution in [0.15, 0.2) is 77.7 Å². The highest BCUT2D eigenvalue weighted by molar-refractivity contribution is 7.80. The van der Waals surface area contributed by atoms with Crippen molar-refractivity contribution >= 4 is 51.0 Å². The summed E-state index contributed by atoms with van der Waals surface area (Å²) in [6, 6.07) is 24.4. The lowest BCUT2D eigenvalue weighted by molar-refractivity contribution is 0.104. The highest BCUT2D eigenvalue weighted by Gasteiger charge is 2.16. The second kappa shape index (κ2) is 6.78.